The Morgan fingerprint density at radius 2 is 1.76 bits per heavy atom. The van der Waals surface area contributed by atoms with Crippen molar-refractivity contribution in [1.29, 1.82) is 0 Å². The Balaban J connectivity index is 1.82. The molecule has 0 spiro atoms. The number of rotatable bonds is 3. The van der Waals surface area contributed by atoms with Crippen molar-refractivity contribution >= 4 is 35.1 Å². The van der Waals surface area contributed by atoms with Gasteiger partial charge in [0.1, 0.15) is 5.01 Å². The van der Waals surface area contributed by atoms with E-state index in [1.54, 1.807) is 11.3 Å². The van der Waals surface area contributed by atoms with Gasteiger partial charge >= 0.3 is 0 Å². The fraction of sp³-hybridized carbons (Fsp3) is 0.0556. The summed E-state index contributed by atoms with van der Waals surface area (Å²) >= 11 is 7.77. The van der Waals surface area contributed by atoms with Gasteiger partial charge in [-0.15, -0.1) is 11.3 Å². The summed E-state index contributed by atoms with van der Waals surface area (Å²) in [5.74, 6) is 0. The Labute approximate surface area is 133 Å². The third-order valence-corrected chi connectivity index (χ3v) is 4.33. The maximum absolute atomic E-state index is 6.14. The van der Waals surface area contributed by atoms with Crippen LogP contribution in [0, 0.1) is 6.92 Å². The first-order valence-corrected chi connectivity index (χ1v) is 7.93. The average Bonchev–Trinajstić information content (AvgIpc) is 2.96. The van der Waals surface area contributed by atoms with E-state index in [4.69, 9.17) is 11.6 Å². The summed E-state index contributed by atoms with van der Waals surface area (Å²) in [7, 11) is 0. The van der Waals surface area contributed by atoms with Gasteiger partial charge in [-0.2, -0.15) is 0 Å². The minimum Gasteiger partial charge on any atom is -0.237 e. The number of aryl methyl sites for hydroxylation is 1. The predicted molar refractivity (Wildman–Crippen MR) is 92.7 cm³/mol. The normalized spacial score (nSPS) is 11.1. The smallest absolute Gasteiger partial charge is 0.116 e. The SMILES string of the molecule is Cc1ccc(-c2csc(C=Cc3ccccc3Cl)n2)cc1. The van der Waals surface area contributed by atoms with Crippen molar-refractivity contribution in [2.45, 2.75) is 6.92 Å². The summed E-state index contributed by atoms with van der Waals surface area (Å²) in [6.45, 7) is 2.09. The third kappa shape index (κ3) is 3.41. The lowest BCUT2D eigenvalue weighted by Gasteiger charge is -1.97. The van der Waals surface area contributed by atoms with Gasteiger partial charge in [0.2, 0.25) is 0 Å². The molecule has 0 N–H and O–H groups in total. The third-order valence-electron chi connectivity index (χ3n) is 3.18. The molecule has 1 nitrogen and oxygen atoms in total. The van der Waals surface area contributed by atoms with Crippen LogP contribution >= 0.6 is 22.9 Å². The molecule has 3 rings (SSSR count). The lowest BCUT2D eigenvalue weighted by molar-refractivity contribution is 1.37. The number of hydrogen-bond acceptors (Lipinski definition) is 2. The van der Waals surface area contributed by atoms with Crippen molar-refractivity contribution in [3.63, 3.8) is 0 Å². The van der Waals surface area contributed by atoms with Crippen LogP contribution in [0.1, 0.15) is 16.1 Å². The summed E-state index contributed by atoms with van der Waals surface area (Å²) in [5.41, 5.74) is 4.42. The van der Waals surface area contributed by atoms with Gasteiger partial charge in [-0.05, 0) is 24.6 Å². The lowest BCUT2D eigenvalue weighted by atomic mass is 10.1. The molecular formula is C18H14ClNS. The molecule has 3 aromatic rings. The molecule has 0 radical (unpaired) electrons. The van der Waals surface area contributed by atoms with Crippen LogP contribution in [-0.4, -0.2) is 4.98 Å². The second-order valence-electron chi connectivity index (χ2n) is 4.79. The monoisotopic (exact) mass is 311 g/mol. The predicted octanol–water partition coefficient (Wildman–Crippen LogP) is 5.94. The zero-order valence-corrected chi connectivity index (χ0v) is 13.2. The number of benzene rings is 2. The average molecular weight is 312 g/mol. The van der Waals surface area contributed by atoms with Crippen LogP contribution < -0.4 is 0 Å². The van der Waals surface area contributed by atoms with Gasteiger partial charge in [0.05, 0.1) is 5.69 Å². The number of thiazole rings is 1. The molecule has 0 aliphatic heterocycles. The molecule has 2 aromatic carbocycles. The standard InChI is InChI=1S/C18H14ClNS/c1-13-6-8-15(9-7-13)17-12-21-18(20-17)11-10-14-4-2-3-5-16(14)19/h2-12H,1H3. The van der Waals surface area contributed by atoms with Crippen molar-refractivity contribution in [1.82, 2.24) is 4.98 Å². The van der Waals surface area contributed by atoms with E-state index < -0.39 is 0 Å². The largest absolute Gasteiger partial charge is 0.237 e. The Bertz CT molecular complexity index is 772. The molecular weight excluding hydrogens is 298 g/mol. The maximum atomic E-state index is 6.14. The van der Waals surface area contributed by atoms with E-state index in [-0.39, 0.29) is 0 Å². The molecule has 0 fully saturated rings. The summed E-state index contributed by atoms with van der Waals surface area (Å²) < 4.78 is 0. The first kappa shape index (κ1) is 14.1. The van der Waals surface area contributed by atoms with Crippen LogP contribution in [0.2, 0.25) is 5.02 Å². The molecule has 0 aliphatic rings. The van der Waals surface area contributed by atoms with Gasteiger partial charge in [0.25, 0.3) is 0 Å². The molecule has 0 amide bonds. The van der Waals surface area contributed by atoms with Crippen LogP contribution in [0.25, 0.3) is 23.4 Å². The Hall–Kier alpha value is -1.90. The van der Waals surface area contributed by atoms with E-state index in [9.17, 15) is 0 Å². The molecule has 0 unspecified atom stereocenters. The zero-order valence-electron chi connectivity index (χ0n) is 11.6. The number of hydrogen-bond donors (Lipinski definition) is 0. The van der Waals surface area contributed by atoms with Gasteiger partial charge in [-0.3, -0.25) is 0 Å². The first-order valence-electron chi connectivity index (χ1n) is 6.67. The first-order chi connectivity index (χ1) is 10.2. The summed E-state index contributed by atoms with van der Waals surface area (Å²) in [5, 5.41) is 3.81. The molecule has 3 heteroatoms. The lowest BCUT2D eigenvalue weighted by Crippen LogP contribution is -1.79. The van der Waals surface area contributed by atoms with Gasteiger partial charge in [-0.25, -0.2) is 4.98 Å². The minimum absolute atomic E-state index is 0.754. The number of nitrogens with zero attached hydrogens (tertiary/aromatic N) is 1. The van der Waals surface area contributed by atoms with E-state index in [1.165, 1.54) is 5.56 Å². The Morgan fingerprint density at radius 3 is 2.52 bits per heavy atom. The number of aromatic nitrogens is 1. The second-order valence-corrected chi connectivity index (χ2v) is 6.09. The van der Waals surface area contributed by atoms with Crippen molar-refractivity contribution in [2.24, 2.45) is 0 Å². The minimum atomic E-state index is 0.754. The van der Waals surface area contributed by atoms with Crippen LogP contribution in [0.4, 0.5) is 0 Å². The molecule has 21 heavy (non-hydrogen) atoms. The van der Waals surface area contributed by atoms with E-state index in [1.807, 2.05) is 36.4 Å². The van der Waals surface area contributed by atoms with Crippen LogP contribution in [0.3, 0.4) is 0 Å². The van der Waals surface area contributed by atoms with Crippen molar-refractivity contribution in [3.05, 3.63) is 75.1 Å². The summed E-state index contributed by atoms with van der Waals surface area (Å²) in [4.78, 5) is 4.64. The summed E-state index contributed by atoms with van der Waals surface area (Å²) in [6, 6.07) is 16.2. The summed E-state index contributed by atoms with van der Waals surface area (Å²) in [6.07, 6.45) is 4.00. The molecule has 0 saturated carbocycles. The van der Waals surface area contributed by atoms with E-state index >= 15 is 0 Å². The second kappa shape index (κ2) is 6.25. The highest BCUT2D eigenvalue weighted by Crippen LogP contribution is 2.24. The molecule has 1 aromatic heterocycles. The van der Waals surface area contributed by atoms with Gasteiger partial charge in [0, 0.05) is 16.0 Å². The molecule has 0 atom stereocenters. The van der Waals surface area contributed by atoms with E-state index in [2.05, 4.69) is 41.6 Å². The zero-order chi connectivity index (χ0) is 14.7. The van der Waals surface area contributed by atoms with Gasteiger partial charge < -0.3 is 0 Å². The highest BCUT2D eigenvalue weighted by atomic mass is 35.5. The fourth-order valence-electron chi connectivity index (χ4n) is 1.99. The Kier molecular flexibility index (Phi) is 4.18. The van der Waals surface area contributed by atoms with Gasteiger partial charge in [-0.1, -0.05) is 65.7 Å². The van der Waals surface area contributed by atoms with E-state index in [0.29, 0.717) is 0 Å². The number of halogens is 1. The van der Waals surface area contributed by atoms with Crippen molar-refractivity contribution in [2.75, 3.05) is 0 Å². The van der Waals surface area contributed by atoms with Crippen LogP contribution in [0.15, 0.2) is 53.9 Å². The van der Waals surface area contributed by atoms with E-state index in [0.717, 1.165) is 26.9 Å². The molecule has 0 saturated heterocycles. The Morgan fingerprint density at radius 1 is 1.00 bits per heavy atom. The molecule has 0 bridgehead atoms. The quantitative estimate of drug-likeness (QED) is 0.583. The molecule has 0 aliphatic carbocycles. The van der Waals surface area contributed by atoms with Crippen LogP contribution in [0.5, 0.6) is 0 Å². The van der Waals surface area contributed by atoms with Crippen LogP contribution in [-0.2, 0) is 0 Å². The maximum Gasteiger partial charge on any atom is 0.116 e. The fourth-order valence-corrected chi connectivity index (χ4v) is 2.91. The molecule has 104 valence electrons. The topological polar surface area (TPSA) is 12.9 Å². The highest BCUT2D eigenvalue weighted by molar-refractivity contribution is 7.10. The highest BCUT2D eigenvalue weighted by Gasteiger charge is 2.02. The molecule has 1 heterocycles. The van der Waals surface area contributed by atoms with Crippen molar-refractivity contribution in [3.8, 4) is 11.3 Å². The van der Waals surface area contributed by atoms with Crippen molar-refractivity contribution < 1.29 is 0 Å². The van der Waals surface area contributed by atoms with Gasteiger partial charge in [0.15, 0.2) is 0 Å².